The van der Waals surface area contributed by atoms with Crippen molar-refractivity contribution in [2.75, 3.05) is 0 Å². The molecule has 0 amide bonds. The molecule has 0 radical (unpaired) electrons. The van der Waals surface area contributed by atoms with E-state index in [2.05, 4.69) is 0 Å². The van der Waals surface area contributed by atoms with Crippen molar-refractivity contribution in [2.24, 2.45) is 17.3 Å². The van der Waals surface area contributed by atoms with Crippen LogP contribution >= 0.6 is 0 Å². The van der Waals surface area contributed by atoms with Crippen molar-refractivity contribution in [3.63, 3.8) is 0 Å². The molecule has 1 saturated heterocycles. The molecule has 6 atom stereocenters. The van der Waals surface area contributed by atoms with E-state index in [1.54, 1.807) is 0 Å². The Morgan fingerprint density at radius 1 is 1.30 bits per heavy atom. The van der Waals surface area contributed by atoms with Gasteiger partial charge in [0.1, 0.15) is 6.10 Å². The highest BCUT2D eigenvalue weighted by atomic mass is 32.2. The van der Waals surface area contributed by atoms with E-state index in [0.29, 0.717) is 19.3 Å². The van der Waals surface area contributed by atoms with Gasteiger partial charge in [0, 0.05) is 12.3 Å². The Kier molecular flexibility index (Phi) is 4.26. The number of fused-ring (bicyclic) bond motifs is 1. The van der Waals surface area contributed by atoms with Gasteiger partial charge in [-0.2, -0.15) is 8.42 Å². The van der Waals surface area contributed by atoms with Crippen molar-refractivity contribution >= 4 is 16.1 Å². The Morgan fingerprint density at radius 3 is 2.61 bits per heavy atom. The molecule has 2 saturated carbocycles. The molecule has 3 fully saturated rings. The van der Waals surface area contributed by atoms with Gasteiger partial charge in [-0.1, -0.05) is 13.8 Å². The van der Waals surface area contributed by atoms with Crippen LogP contribution in [0.1, 0.15) is 53.4 Å². The summed E-state index contributed by atoms with van der Waals surface area (Å²) in [5, 5.41) is -0.362. The molecule has 6 unspecified atom stereocenters. The molecule has 0 aromatic heterocycles. The topological polar surface area (TPSA) is 78.9 Å². The van der Waals surface area contributed by atoms with Gasteiger partial charge in [0.05, 0.1) is 16.8 Å². The maximum absolute atomic E-state index is 12.2. The lowest BCUT2D eigenvalue weighted by Gasteiger charge is -2.31. The fourth-order valence-corrected chi connectivity index (χ4v) is 5.76. The Hall–Kier alpha value is -0.660. The molecule has 0 aromatic rings. The number of hydrogen-bond donors (Lipinski definition) is 0. The summed E-state index contributed by atoms with van der Waals surface area (Å²) < 4.78 is 40.7. The van der Waals surface area contributed by atoms with Gasteiger partial charge in [0.25, 0.3) is 10.1 Å². The lowest BCUT2D eigenvalue weighted by atomic mass is 9.91. The molecule has 3 aliphatic rings. The van der Waals surface area contributed by atoms with Crippen molar-refractivity contribution in [1.29, 1.82) is 0 Å². The first-order chi connectivity index (χ1) is 10.7. The van der Waals surface area contributed by atoms with Crippen molar-refractivity contribution in [1.82, 2.24) is 0 Å². The van der Waals surface area contributed by atoms with Gasteiger partial charge in [0.15, 0.2) is 0 Å². The third kappa shape index (κ3) is 2.81. The smallest absolute Gasteiger partial charge is 0.313 e. The van der Waals surface area contributed by atoms with E-state index < -0.39 is 27.9 Å². The normalized spacial score (nSPS) is 38.7. The molecule has 6 nitrogen and oxygen atoms in total. The minimum absolute atomic E-state index is 0.0373. The predicted molar refractivity (Wildman–Crippen MR) is 82.9 cm³/mol. The second-order valence-electron chi connectivity index (χ2n) is 7.57. The van der Waals surface area contributed by atoms with Gasteiger partial charge in [-0.3, -0.25) is 8.98 Å². The predicted octanol–water partition coefficient (Wildman–Crippen LogP) is 2.22. The maximum Gasteiger partial charge on any atom is 0.313 e. The molecule has 3 rings (SSSR count). The second kappa shape index (κ2) is 5.70. The highest BCUT2D eigenvalue weighted by Crippen LogP contribution is 2.55. The highest BCUT2D eigenvalue weighted by Gasteiger charge is 2.64. The van der Waals surface area contributed by atoms with Crippen LogP contribution in [0.15, 0.2) is 0 Å². The zero-order valence-corrected chi connectivity index (χ0v) is 15.0. The van der Waals surface area contributed by atoms with Crippen LogP contribution in [-0.2, 0) is 28.6 Å². The standard InChI is InChI=1S/C16H26O6S/c1-5-12(21-15(17)16(3,4)6-2)20-13-9-7-10-11(8-9)23(18,19)22-14(10)13/h9-14H,5-8H2,1-4H3. The van der Waals surface area contributed by atoms with Gasteiger partial charge in [-0.25, -0.2) is 0 Å². The summed E-state index contributed by atoms with van der Waals surface area (Å²) >= 11 is 0. The molecule has 23 heavy (non-hydrogen) atoms. The molecule has 0 spiro atoms. The second-order valence-corrected chi connectivity index (χ2v) is 9.35. The molecular formula is C16H26O6S. The third-order valence-electron chi connectivity index (χ3n) is 5.73. The summed E-state index contributed by atoms with van der Waals surface area (Å²) in [6.45, 7) is 7.52. The van der Waals surface area contributed by atoms with Crippen molar-refractivity contribution in [3.05, 3.63) is 0 Å². The lowest BCUT2D eigenvalue weighted by molar-refractivity contribution is -0.211. The molecule has 0 N–H and O–H groups in total. The molecule has 1 heterocycles. The first-order valence-electron chi connectivity index (χ1n) is 8.48. The number of carbonyl (C=O) groups is 1. The van der Waals surface area contributed by atoms with Crippen molar-refractivity contribution in [2.45, 2.75) is 77.1 Å². The highest BCUT2D eigenvalue weighted by molar-refractivity contribution is 7.87. The number of carbonyl (C=O) groups excluding carboxylic acids is 1. The molecule has 1 aliphatic heterocycles. The first-order valence-corrected chi connectivity index (χ1v) is 9.95. The van der Waals surface area contributed by atoms with Crippen LogP contribution in [0.5, 0.6) is 0 Å². The molecule has 132 valence electrons. The SMILES string of the molecule is CCC(OC(=O)C(C)(C)CC)OC1C2CC3C1OS(=O)(=O)C3C2. The molecule has 7 heteroatoms. The fraction of sp³-hybridized carbons (Fsp3) is 0.938. The number of rotatable bonds is 6. The largest absolute Gasteiger partial charge is 0.435 e. The van der Waals surface area contributed by atoms with Gasteiger partial charge in [-0.05, 0) is 39.0 Å². The first kappa shape index (κ1) is 17.2. The van der Waals surface area contributed by atoms with Crippen molar-refractivity contribution < 1.29 is 26.9 Å². The number of ether oxygens (including phenoxy) is 2. The van der Waals surface area contributed by atoms with Crippen LogP contribution in [-0.4, -0.2) is 38.1 Å². The van der Waals surface area contributed by atoms with E-state index >= 15 is 0 Å². The van der Waals surface area contributed by atoms with E-state index in [4.69, 9.17) is 13.7 Å². The Morgan fingerprint density at radius 2 is 2.00 bits per heavy atom. The van der Waals surface area contributed by atoms with Crippen LogP contribution in [0, 0.1) is 17.3 Å². The fourth-order valence-electron chi connectivity index (χ4n) is 3.88. The maximum atomic E-state index is 12.2. The van der Waals surface area contributed by atoms with Crippen LogP contribution in [0.4, 0.5) is 0 Å². The Balaban J connectivity index is 1.66. The minimum Gasteiger partial charge on any atom is -0.435 e. The van der Waals surface area contributed by atoms with Crippen LogP contribution in [0.3, 0.4) is 0 Å². The lowest BCUT2D eigenvalue weighted by Crippen LogP contribution is -2.40. The van der Waals surface area contributed by atoms with E-state index in [0.717, 1.165) is 6.42 Å². The molecule has 2 aliphatic carbocycles. The van der Waals surface area contributed by atoms with Gasteiger partial charge in [-0.15, -0.1) is 0 Å². The Labute approximate surface area is 138 Å². The van der Waals surface area contributed by atoms with Crippen LogP contribution in [0.2, 0.25) is 0 Å². The number of esters is 1. The minimum atomic E-state index is -3.44. The molecular weight excluding hydrogens is 320 g/mol. The quantitative estimate of drug-likeness (QED) is 0.417. The summed E-state index contributed by atoms with van der Waals surface area (Å²) in [5.41, 5.74) is -0.552. The zero-order valence-electron chi connectivity index (χ0n) is 14.2. The van der Waals surface area contributed by atoms with Gasteiger partial charge >= 0.3 is 5.97 Å². The molecule has 2 bridgehead atoms. The van der Waals surface area contributed by atoms with E-state index in [1.165, 1.54) is 0 Å². The zero-order chi connectivity index (χ0) is 17.0. The summed E-state index contributed by atoms with van der Waals surface area (Å²) in [4.78, 5) is 12.2. The van der Waals surface area contributed by atoms with Crippen LogP contribution < -0.4 is 0 Å². The Bertz CT molecular complexity index is 583. The summed E-state index contributed by atoms with van der Waals surface area (Å²) in [6, 6.07) is 0. The number of hydrogen-bond acceptors (Lipinski definition) is 6. The molecule has 0 aromatic carbocycles. The van der Waals surface area contributed by atoms with E-state index in [9.17, 15) is 13.2 Å². The van der Waals surface area contributed by atoms with Crippen LogP contribution in [0.25, 0.3) is 0 Å². The third-order valence-corrected chi connectivity index (χ3v) is 7.51. The van der Waals surface area contributed by atoms with Gasteiger partial charge < -0.3 is 9.47 Å². The average molecular weight is 346 g/mol. The summed E-state index contributed by atoms with van der Waals surface area (Å²) in [5.74, 6) is -0.0673. The van der Waals surface area contributed by atoms with Gasteiger partial charge in [0.2, 0.25) is 6.29 Å². The van der Waals surface area contributed by atoms with E-state index in [-0.39, 0.29) is 29.2 Å². The summed E-state index contributed by atoms with van der Waals surface area (Å²) in [6.07, 6.45) is 1.28. The monoisotopic (exact) mass is 346 g/mol. The average Bonchev–Trinajstić information content (AvgIpc) is 3.10. The van der Waals surface area contributed by atoms with E-state index in [1.807, 2.05) is 27.7 Å². The van der Waals surface area contributed by atoms with Crippen molar-refractivity contribution in [3.8, 4) is 0 Å². The summed E-state index contributed by atoms with van der Waals surface area (Å²) in [7, 11) is -3.44.